The Kier molecular flexibility index (Phi) is 5.15. The summed E-state index contributed by atoms with van der Waals surface area (Å²) < 4.78 is 39.4. The third-order valence-corrected chi connectivity index (χ3v) is 2.13. The lowest BCUT2D eigenvalue weighted by Gasteiger charge is -2.09. The summed E-state index contributed by atoms with van der Waals surface area (Å²) in [6.07, 6.45) is -4.50. The van der Waals surface area contributed by atoms with Gasteiger partial charge in [0.1, 0.15) is 5.75 Å². The van der Waals surface area contributed by atoms with E-state index in [2.05, 4.69) is 10.1 Å². The number of ketones is 1. The van der Waals surface area contributed by atoms with Crippen molar-refractivity contribution in [1.29, 1.82) is 0 Å². The molecule has 100 valence electrons. The quantitative estimate of drug-likeness (QED) is 0.854. The summed E-state index contributed by atoms with van der Waals surface area (Å²) in [6, 6.07) is 5.29. The topological polar surface area (TPSA) is 38.3 Å². The average molecular weight is 261 g/mol. The molecule has 3 nitrogen and oxygen atoms in total. The standard InChI is InChI=1S/C12H14F3NO2/c1-2-16-8-10(17)7-9-3-5-11(6-4-9)18-12(13,14)15/h3-6,16H,2,7-8H2,1H3. The molecule has 1 N–H and O–H groups in total. The fourth-order valence-electron chi connectivity index (χ4n) is 1.36. The van der Waals surface area contributed by atoms with Crippen molar-refractivity contribution in [2.45, 2.75) is 19.7 Å². The fourth-order valence-corrected chi connectivity index (χ4v) is 1.36. The van der Waals surface area contributed by atoms with E-state index in [-0.39, 0.29) is 24.5 Å². The van der Waals surface area contributed by atoms with Gasteiger partial charge in [0.05, 0.1) is 6.54 Å². The van der Waals surface area contributed by atoms with Crippen LogP contribution >= 0.6 is 0 Å². The van der Waals surface area contributed by atoms with Crippen LogP contribution in [0.4, 0.5) is 13.2 Å². The van der Waals surface area contributed by atoms with Crippen LogP contribution in [0.5, 0.6) is 5.75 Å². The SMILES string of the molecule is CCNCC(=O)Cc1ccc(OC(F)(F)F)cc1. The van der Waals surface area contributed by atoms with E-state index >= 15 is 0 Å². The Morgan fingerprint density at radius 3 is 2.39 bits per heavy atom. The second-order valence-corrected chi connectivity index (χ2v) is 3.69. The molecule has 0 aliphatic heterocycles. The number of benzene rings is 1. The molecule has 0 aliphatic carbocycles. The molecule has 0 saturated carbocycles. The number of carbonyl (C=O) groups is 1. The first-order chi connectivity index (χ1) is 8.40. The Morgan fingerprint density at radius 2 is 1.89 bits per heavy atom. The van der Waals surface area contributed by atoms with Gasteiger partial charge in [-0.2, -0.15) is 0 Å². The largest absolute Gasteiger partial charge is 0.573 e. The van der Waals surface area contributed by atoms with Crippen molar-refractivity contribution < 1.29 is 22.7 Å². The molecule has 0 saturated heterocycles. The number of Topliss-reactive ketones (excluding diaryl/α,β-unsaturated/α-hetero) is 1. The molecule has 0 aromatic heterocycles. The average Bonchev–Trinajstić information content (AvgIpc) is 2.27. The molecule has 0 fully saturated rings. The number of halogens is 3. The summed E-state index contributed by atoms with van der Waals surface area (Å²) in [5.74, 6) is -0.299. The molecule has 1 aromatic carbocycles. The molecule has 1 aromatic rings. The van der Waals surface area contributed by atoms with Crippen LogP contribution in [0.25, 0.3) is 0 Å². The molecule has 1 rings (SSSR count). The predicted octanol–water partition coefficient (Wildman–Crippen LogP) is 2.31. The van der Waals surface area contributed by atoms with Crippen LogP contribution in [-0.2, 0) is 11.2 Å². The number of likely N-dealkylation sites (N-methyl/N-ethyl adjacent to an activating group) is 1. The van der Waals surface area contributed by atoms with E-state index in [9.17, 15) is 18.0 Å². The van der Waals surface area contributed by atoms with E-state index < -0.39 is 6.36 Å². The van der Waals surface area contributed by atoms with Gasteiger partial charge < -0.3 is 10.1 Å². The van der Waals surface area contributed by atoms with Crippen molar-refractivity contribution in [2.24, 2.45) is 0 Å². The number of alkyl halides is 3. The van der Waals surface area contributed by atoms with Gasteiger partial charge in [0, 0.05) is 6.42 Å². The molecule has 0 spiro atoms. The summed E-state index contributed by atoms with van der Waals surface area (Å²) in [5, 5.41) is 2.89. The summed E-state index contributed by atoms with van der Waals surface area (Å²) >= 11 is 0. The van der Waals surface area contributed by atoms with Gasteiger partial charge in [-0.1, -0.05) is 19.1 Å². The summed E-state index contributed by atoms with van der Waals surface area (Å²) in [6.45, 7) is 2.85. The zero-order valence-corrected chi connectivity index (χ0v) is 9.88. The molecule has 0 heterocycles. The maximum Gasteiger partial charge on any atom is 0.573 e. The number of ether oxygens (including phenoxy) is 1. The van der Waals surface area contributed by atoms with Crippen LogP contribution in [0.3, 0.4) is 0 Å². The van der Waals surface area contributed by atoms with Crippen molar-refractivity contribution in [3.05, 3.63) is 29.8 Å². The molecule has 0 radical (unpaired) electrons. The van der Waals surface area contributed by atoms with Gasteiger partial charge in [-0.15, -0.1) is 13.2 Å². The van der Waals surface area contributed by atoms with Crippen LogP contribution in [0.1, 0.15) is 12.5 Å². The number of carbonyl (C=O) groups excluding carboxylic acids is 1. The second kappa shape index (κ2) is 6.39. The number of nitrogens with one attached hydrogen (secondary N) is 1. The molecule has 18 heavy (non-hydrogen) atoms. The highest BCUT2D eigenvalue weighted by Gasteiger charge is 2.30. The van der Waals surface area contributed by atoms with Crippen molar-refractivity contribution in [1.82, 2.24) is 5.32 Å². The Labute approximate surface area is 103 Å². The van der Waals surface area contributed by atoms with Crippen LogP contribution < -0.4 is 10.1 Å². The first-order valence-corrected chi connectivity index (χ1v) is 5.48. The lowest BCUT2D eigenvalue weighted by Crippen LogP contribution is -2.23. The van der Waals surface area contributed by atoms with Crippen molar-refractivity contribution in [3.63, 3.8) is 0 Å². The minimum absolute atomic E-state index is 0.0126. The molecule has 0 atom stereocenters. The molecule has 0 unspecified atom stereocenters. The highest BCUT2D eigenvalue weighted by molar-refractivity contribution is 5.82. The van der Waals surface area contributed by atoms with Crippen molar-refractivity contribution >= 4 is 5.78 Å². The lowest BCUT2D eigenvalue weighted by atomic mass is 10.1. The van der Waals surface area contributed by atoms with Crippen LogP contribution in [0.15, 0.2) is 24.3 Å². The van der Waals surface area contributed by atoms with Crippen LogP contribution in [-0.4, -0.2) is 25.2 Å². The molecule has 0 amide bonds. The van der Waals surface area contributed by atoms with Gasteiger partial charge in [-0.3, -0.25) is 4.79 Å². The van der Waals surface area contributed by atoms with Gasteiger partial charge >= 0.3 is 6.36 Å². The first-order valence-electron chi connectivity index (χ1n) is 5.48. The second-order valence-electron chi connectivity index (χ2n) is 3.69. The molecule has 0 bridgehead atoms. The van der Waals surface area contributed by atoms with Gasteiger partial charge in [0.15, 0.2) is 5.78 Å². The maximum atomic E-state index is 11.9. The fraction of sp³-hybridized carbons (Fsp3) is 0.417. The Morgan fingerprint density at radius 1 is 1.28 bits per heavy atom. The highest BCUT2D eigenvalue weighted by Crippen LogP contribution is 2.22. The minimum atomic E-state index is -4.69. The van der Waals surface area contributed by atoms with Crippen molar-refractivity contribution in [2.75, 3.05) is 13.1 Å². The number of hydrogen-bond donors (Lipinski definition) is 1. The summed E-state index contributed by atoms with van der Waals surface area (Å²) in [5.41, 5.74) is 0.660. The Hall–Kier alpha value is -1.56. The Bertz CT molecular complexity index is 387. The Balaban J connectivity index is 2.52. The zero-order valence-electron chi connectivity index (χ0n) is 9.88. The minimum Gasteiger partial charge on any atom is -0.406 e. The first kappa shape index (κ1) is 14.5. The van der Waals surface area contributed by atoms with E-state index in [1.807, 2.05) is 6.92 Å². The number of rotatable bonds is 6. The maximum absolute atomic E-state index is 11.9. The smallest absolute Gasteiger partial charge is 0.406 e. The summed E-state index contributed by atoms with van der Waals surface area (Å²) in [4.78, 5) is 11.4. The predicted molar refractivity (Wildman–Crippen MR) is 60.4 cm³/mol. The van der Waals surface area contributed by atoms with E-state index in [1.54, 1.807) is 0 Å². The summed E-state index contributed by atoms with van der Waals surface area (Å²) in [7, 11) is 0. The van der Waals surface area contributed by atoms with Crippen LogP contribution in [0, 0.1) is 0 Å². The van der Waals surface area contributed by atoms with E-state index in [0.717, 1.165) is 0 Å². The molecule has 0 aliphatic rings. The third kappa shape index (κ3) is 5.67. The molecular formula is C12H14F3NO2. The van der Waals surface area contributed by atoms with Gasteiger partial charge in [0.2, 0.25) is 0 Å². The van der Waals surface area contributed by atoms with Crippen LogP contribution in [0.2, 0.25) is 0 Å². The number of hydrogen-bond acceptors (Lipinski definition) is 3. The van der Waals surface area contributed by atoms with Crippen molar-refractivity contribution in [3.8, 4) is 5.75 Å². The van der Waals surface area contributed by atoms with E-state index in [4.69, 9.17) is 0 Å². The lowest BCUT2D eigenvalue weighted by molar-refractivity contribution is -0.274. The van der Waals surface area contributed by atoms with Gasteiger partial charge in [-0.05, 0) is 24.2 Å². The van der Waals surface area contributed by atoms with E-state index in [1.165, 1.54) is 24.3 Å². The normalized spacial score (nSPS) is 11.3. The highest BCUT2D eigenvalue weighted by atomic mass is 19.4. The van der Waals surface area contributed by atoms with E-state index in [0.29, 0.717) is 12.1 Å². The molecule has 6 heteroatoms. The molecular weight excluding hydrogens is 247 g/mol. The third-order valence-electron chi connectivity index (χ3n) is 2.13. The monoisotopic (exact) mass is 261 g/mol. The van der Waals surface area contributed by atoms with Gasteiger partial charge in [-0.25, -0.2) is 0 Å². The van der Waals surface area contributed by atoms with Gasteiger partial charge in [0.25, 0.3) is 0 Å². The zero-order chi connectivity index (χ0) is 13.6.